The number of nitro benzene ring substituents is 1. The van der Waals surface area contributed by atoms with E-state index < -0.39 is 22.8 Å². The van der Waals surface area contributed by atoms with Gasteiger partial charge in [-0.1, -0.05) is 29.8 Å². The van der Waals surface area contributed by atoms with Crippen LogP contribution in [0.15, 0.2) is 42.5 Å². The van der Waals surface area contributed by atoms with Gasteiger partial charge in [0.25, 0.3) is 5.69 Å². The minimum atomic E-state index is -0.929. The van der Waals surface area contributed by atoms with E-state index in [9.17, 15) is 19.3 Å². The fraction of sp³-hybridized carbons (Fsp3) is 0.133. The Labute approximate surface area is 130 Å². The summed E-state index contributed by atoms with van der Waals surface area (Å²) < 4.78 is 18.8. The Balaban J connectivity index is 2.21. The Hall–Kier alpha value is -2.47. The largest absolute Gasteiger partial charge is 0.454 e. The van der Waals surface area contributed by atoms with Gasteiger partial charge in [0.1, 0.15) is 17.5 Å². The Morgan fingerprint density at radius 2 is 2.00 bits per heavy atom. The molecule has 0 N–H and O–H groups in total. The number of esters is 1. The maximum Gasteiger partial charge on any atom is 0.343 e. The van der Waals surface area contributed by atoms with Gasteiger partial charge in [0.05, 0.1) is 9.95 Å². The number of nitro groups is 1. The molecule has 0 radical (unpaired) electrons. The number of nitrogens with zero attached hydrogens (tertiary/aromatic N) is 1. The van der Waals surface area contributed by atoms with Crippen LogP contribution in [0.3, 0.4) is 0 Å². The number of halogens is 2. The highest BCUT2D eigenvalue weighted by Gasteiger charge is 2.21. The van der Waals surface area contributed by atoms with Crippen LogP contribution in [-0.4, -0.2) is 10.9 Å². The Morgan fingerprint density at radius 1 is 1.32 bits per heavy atom. The van der Waals surface area contributed by atoms with E-state index in [0.717, 1.165) is 6.07 Å². The number of hydrogen-bond donors (Lipinski definition) is 0. The van der Waals surface area contributed by atoms with Crippen molar-refractivity contribution in [3.05, 3.63) is 74.5 Å². The molecule has 0 aromatic heterocycles. The molecule has 0 fully saturated rings. The summed E-state index contributed by atoms with van der Waals surface area (Å²) in [5, 5.41) is 10.7. The zero-order chi connectivity index (χ0) is 16.3. The highest BCUT2D eigenvalue weighted by Crippen LogP contribution is 2.25. The van der Waals surface area contributed by atoms with Crippen molar-refractivity contribution in [1.82, 2.24) is 0 Å². The number of ether oxygens (including phenoxy) is 1. The molecular formula is C15H11ClFNO4. The summed E-state index contributed by atoms with van der Waals surface area (Å²) in [5.74, 6) is -1.72. The molecule has 0 saturated carbocycles. The smallest absolute Gasteiger partial charge is 0.343 e. The zero-order valence-corrected chi connectivity index (χ0v) is 12.2. The van der Waals surface area contributed by atoms with Crippen LogP contribution in [0.25, 0.3) is 0 Å². The van der Waals surface area contributed by atoms with Crippen LogP contribution in [0, 0.1) is 15.9 Å². The van der Waals surface area contributed by atoms with Gasteiger partial charge in [-0.3, -0.25) is 10.1 Å². The standard InChI is InChI=1S/C15H11ClFNO4/c1-9(10-4-2-5-11(8-10)18(20)21)22-15(19)14-12(16)6-3-7-13(14)17/h2-9H,1H3. The molecule has 0 aliphatic carbocycles. The summed E-state index contributed by atoms with van der Waals surface area (Å²) in [6.45, 7) is 1.53. The molecule has 1 atom stereocenters. The van der Waals surface area contributed by atoms with E-state index in [2.05, 4.69) is 0 Å². The SMILES string of the molecule is CC(OC(=O)c1c(F)cccc1Cl)c1cccc([N+](=O)[O-])c1. The number of carbonyl (C=O) groups is 1. The average Bonchev–Trinajstić information content (AvgIpc) is 2.47. The van der Waals surface area contributed by atoms with Crippen molar-refractivity contribution in [3.63, 3.8) is 0 Å². The van der Waals surface area contributed by atoms with Gasteiger partial charge in [0.15, 0.2) is 0 Å². The molecule has 1 unspecified atom stereocenters. The van der Waals surface area contributed by atoms with E-state index in [1.165, 1.54) is 37.3 Å². The fourth-order valence-electron chi connectivity index (χ4n) is 1.87. The number of carbonyl (C=O) groups excluding carboxylic acids is 1. The third kappa shape index (κ3) is 3.40. The van der Waals surface area contributed by atoms with E-state index >= 15 is 0 Å². The second kappa shape index (κ2) is 6.53. The van der Waals surface area contributed by atoms with Gasteiger partial charge < -0.3 is 4.74 Å². The Kier molecular flexibility index (Phi) is 4.72. The predicted octanol–water partition coefficient (Wildman–Crippen LogP) is 4.31. The number of hydrogen-bond acceptors (Lipinski definition) is 4. The maximum absolute atomic E-state index is 13.6. The first-order chi connectivity index (χ1) is 10.4. The number of non-ortho nitro benzene ring substituents is 1. The zero-order valence-electron chi connectivity index (χ0n) is 11.5. The summed E-state index contributed by atoms with van der Waals surface area (Å²) >= 11 is 5.79. The van der Waals surface area contributed by atoms with Gasteiger partial charge in [-0.2, -0.15) is 0 Å². The number of rotatable bonds is 4. The summed E-state index contributed by atoms with van der Waals surface area (Å²) in [6, 6.07) is 9.52. The first kappa shape index (κ1) is 15.9. The van der Waals surface area contributed by atoms with Crippen molar-refractivity contribution in [2.24, 2.45) is 0 Å². The number of benzene rings is 2. The molecule has 2 aromatic carbocycles. The van der Waals surface area contributed by atoms with Crippen molar-refractivity contribution in [2.75, 3.05) is 0 Å². The quantitative estimate of drug-likeness (QED) is 0.477. The van der Waals surface area contributed by atoms with Crippen LogP contribution in [0.2, 0.25) is 5.02 Å². The van der Waals surface area contributed by atoms with Crippen LogP contribution in [0.5, 0.6) is 0 Å². The molecular weight excluding hydrogens is 313 g/mol. The molecule has 0 aliphatic rings. The van der Waals surface area contributed by atoms with Crippen molar-refractivity contribution >= 4 is 23.3 Å². The van der Waals surface area contributed by atoms with Gasteiger partial charge in [-0.05, 0) is 24.6 Å². The second-order valence-electron chi connectivity index (χ2n) is 4.50. The van der Waals surface area contributed by atoms with Gasteiger partial charge in [0.2, 0.25) is 0 Å². The third-order valence-electron chi connectivity index (χ3n) is 3.00. The van der Waals surface area contributed by atoms with Gasteiger partial charge in [0, 0.05) is 12.1 Å². The molecule has 0 amide bonds. The van der Waals surface area contributed by atoms with Crippen LogP contribution in [0.4, 0.5) is 10.1 Å². The monoisotopic (exact) mass is 323 g/mol. The first-order valence-electron chi connectivity index (χ1n) is 6.29. The summed E-state index contributed by atoms with van der Waals surface area (Å²) in [7, 11) is 0. The lowest BCUT2D eigenvalue weighted by molar-refractivity contribution is -0.385. The minimum Gasteiger partial charge on any atom is -0.454 e. The maximum atomic E-state index is 13.6. The van der Waals surface area contributed by atoms with E-state index in [0.29, 0.717) is 5.56 Å². The van der Waals surface area contributed by atoms with Crippen LogP contribution < -0.4 is 0 Å². The van der Waals surface area contributed by atoms with Gasteiger partial charge >= 0.3 is 5.97 Å². The van der Waals surface area contributed by atoms with Crippen LogP contribution in [0.1, 0.15) is 28.9 Å². The molecule has 0 aliphatic heterocycles. The summed E-state index contributed by atoms with van der Waals surface area (Å²) in [4.78, 5) is 22.2. The predicted molar refractivity (Wildman–Crippen MR) is 78.3 cm³/mol. The van der Waals surface area contributed by atoms with Crippen molar-refractivity contribution in [2.45, 2.75) is 13.0 Å². The van der Waals surface area contributed by atoms with Crippen molar-refractivity contribution in [3.8, 4) is 0 Å². The molecule has 2 rings (SSSR count). The van der Waals surface area contributed by atoms with Crippen LogP contribution in [-0.2, 0) is 4.74 Å². The molecule has 7 heteroatoms. The van der Waals surface area contributed by atoms with Crippen molar-refractivity contribution in [1.29, 1.82) is 0 Å². The minimum absolute atomic E-state index is 0.0590. The van der Waals surface area contributed by atoms with E-state index in [4.69, 9.17) is 16.3 Å². The molecule has 2 aromatic rings. The summed E-state index contributed by atoms with van der Waals surface area (Å²) in [6.07, 6.45) is -0.789. The molecule has 0 bridgehead atoms. The van der Waals surface area contributed by atoms with E-state index in [1.807, 2.05) is 0 Å². The molecule has 5 nitrogen and oxygen atoms in total. The molecule has 22 heavy (non-hydrogen) atoms. The highest BCUT2D eigenvalue weighted by molar-refractivity contribution is 6.33. The molecule has 0 saturated heterocycles. The third-order valence-corrected chi connectivity index (χ3v) is 3.32. The molecule has 0 spiro atoms. The lowest BCUT2D eigenvalue weighted by Crippen LogP contribution is -2.11. The summed E-state index contributed by atoms with van der Waals surface area (Å²) in [5.41, 5.74) is -0.0548. The Morgan fingerprint density at radius 3 is 2.64 bits per heavy atom. The topological polar surface area (TPSA) is 69.4 Å². The van der Waals surface area contributed by atoms with Gasteiger partial charge in [-0.15, -0.1) is 0 Å². The lowest BCUT2D eigenvalue weighted by Gasteiger charge is -2.14. The van der Waals surface area contributed by atoms with E-state index in [1.54, 1.807) is 6.07 Å². The van der Waals surface area contributed by atoms with Gasteiger partial charge in [-0.25, -0.2) is 9.18 Å². The molecule has 0 heterocycles. The average molecular weight is 324 g/mol. The first-order valence-corrected chi connectivity index (χ1v) is 6.67. The lowest BCUT2D eigenvalue weighted by atomic mass is 10.1. The van der Waals surface area contributed by atoms with E-state index in [-0.39, 0.29) is 16.3 Å². The fourth-order valence-corrected chi connectivity index (χ4v) is 2.11. The Bertz CT molecular complexity index is 715. The molecule has 114 valence electrons. The highest BCUT2D eigenvalue weighted by atomic mass is 35.5. The second-order valence-corrected chi connectivity index (χ2v) is 4.90. The van der Waals surface area contributed by atoms with Crippen LogP contribution >= 0.6 is 11.6 Å². The van der Waals surface area contributed by atoms with Crippen molar-refractivity contribution < 1.29 is 18.8 Å². The normalized spacial score (nSPS) is 11.8.